The molecule has 0 bridgehead atoms. The van der Waals surface area contributed by atoms with Gasteiger partial charge in [0.15, 0.2) is 12.3 Å². The summed E-state index contributed by atoms with van der Waals surface area (Å²) in [5, 5.41) is 3.08. The van der Waals surface area contributed by atoms with Crippen molar-refractivity contribution in [1.82, 2.24) is 5.32 Å². The highest BCUT2D eigenvalue weighted by atomic mass is 16.1. The monoisotopic (exact) mass is 322 g/mol. The van der Waals surface area contributed by atoms with Crippen molar-refractivity contribution in [3.05, 3.63) is 12.2 Å². The number of unbranched alkanes of at least 4 members (excludes halogenated alkanes) is 4. The van der Waals surface area contributed by atoms with Crippen molar-refractivity contribution < 1.29 is 9.28 Å². The number of nitrogens with one attached hydrogen (secondary N) is 1. The van der Waals surface area contributed by atoms with Crippen molar-refractivity contribution in [3.63, 3.8) is 0 Å². The van der Waals surface area contributed by atoms with Crippen LogP contribution in [0.3, 0.4) is 0 Å². The zero-order valence-electron chi connectivity index (χ0n) is 15.6. The van der Waals surface area contributed by atoms with E-state index in [1.165, 1.54) is 38.5 Å². The topological polar surface area (TPSA) is 41.5 Å². The van der Waals surface area contributed by atoms with Crippen LogP contribution in [0.15, 0.2) is 17.1 Å². The Kier molecular flexibility index (Phi) is 9.15. The van der Waals surface area contributed by atoms with Crippen LogP contribution in [0.5, 0.6) is 0 Å². The maximum Gasteiger partial charge on any atom is 0.221 e. The number of carbonyl (C=O) groups is 1. The number of quaternary nitrogens is 1. The van der Waals surface area contributed by atoms with E-state index in [1.54, 1.807) is 6.92 Å². The molecule has 3 unspecified atom stereocenters. The van der Waals surface area contributed by atoms with E-state index in [1.807, 2.05) is 0 Å². The van der Waals surface area contributed by atoms with Gasteiger partial charge in [-0.3, -0.25) is 9.28 Å². The van der Waals surface area contributed by atoms with Gasteiger partial charge in [0.2, 0.25) is 5.91 Å². The van der Waals surface area contributed by atoms with Gasteiger partial charge in [0, 0.05) is 20.3 Å². The molecule has 1 heterocycles. The molecule has 4 nitrogen and oxygen atoms in total. The smallest absolute Gasteiger partial charge is 0.221 e. The number of aliphatic imine (C=N–C) groups is 1. The Balaban J connectivity index is 2.40. The molecule has 0 saturated carbocycles. The van der Waals surface area contributed by atoms with Crippen molar-refractivity contribution in [1.29, 1.82) is 0 Å². The Morgan fingerprint density at radius 2 is 2.00 bits per heavy atom. The third kappa shape index (κ3) is 6.09. The molecule has 1 rings (SSSR count). The van der Waals surface area contributed by atoms with E-state index in [9.17, 15) is 4.79 Å². The van der Waals surface area contributed by atoms with Gasteiger partial charge >= 0.3 is 0 Å². The standard InChI is InChI=1S/C19H35N3O/c1-5-7-8-9-10-11-12-13-14-19-20-15-16-22(19,6-2)17(3)21-18(4)23/h9-10,15,17,19H,5-8,11-14,16H2,1-4H3/p+1/b10-9+. The summed E-state index contributed by atoms with van der Waals surface area (Å²) in [4.78, 5) is 16.1. The zero-order chi connectivity index (χ0) is 17.1. The molecular formula is C19H36N3O+. The second-order valence-electron chi connectivity index (χ2n) is 6.69. The summed E-state index contributed by atoms with van der Waals surface area (Å²) < 4.78 is 0.867. The Bertz CT molecular complexity index is 405. The first-order valence-corrected chi connectivity index (χ1v) is 9.37. The van der Waals surface area contributed by atoms with E-state index in [0.29, 0.717) is 6.17 Å². The Labute approximate surface area is 142 Å². The van der Waals surface area contributed by atoms with E-state index in [-0.39, 0.29) is 12.1 Å². The molecule has 1 aliphatic rings. The minimum Gasteiger partial charge on any atom is -0.307 e. The van der Waals surface area contributed by atoms with Crippen molar-refractivity contribution in [2.24, 2.45) is 4.99 Å². The van der Waals surface area contributed by atoms with Crippen molar-refractivity contribution in [2.75, 3.05) is 13.1 Å². The summed E-state index contributed by atoms with van der Waals surface area (Å²) in [6.45, 7) is 10.1. The maximum atomic E-state index is 11.4. The van der Waals surface area contributed by atoms with E-state index >= 15 is 0 Å². The SMILES string of the molecule is CCCC/C=C/CCCCC1N=CC[N+]1(CC)C(C)NC(C)=O. The molecule has 0 spiro atoms. The molecule has 23 heavy (non-hydrogen) atoms. The van der Waals surface area contributed by atoms with Crippen LogP contribution in [-0.4, -0.2) is 42.0 Å². The van der Waals surface area contributed by atoms with Gasteiger partial charge in [-0.05, 0) is 32.6 Å². The van der Waals surface area contributed by atoms with Crippen LogP contribution in [0.2, 0.25) is 0 Å². The summed E-state index contributed by atoms with van der Waals surface area (Å²) in [6.07, 6.45) is 15.6. The number of carbonyl (C=O) groups excluding carboxylic acids is 1. The zero-order valence-corrected chi connectivity index (χ0v) is 15.6. The van der Waals surface area contributed by atoms with Gasteiger partial charge in [-0.25, -0.2) is 4.99 Å². The lowest BCUT2D eigenvalue weighted by Crippen LogP contribution is -2.63. The fourth-order valence-corrected chi connectivity index (χ4v) is 3.51. The molecule has 0 fully saturated rings. The molecular weight excluding hydrogens is 286 g/mol. The van der Waals surface area contributed by atoms with Gasteiger partial charge in [-0.15, -0.1) is 0 Å². The summed E-state index contributed by atoms with van der Waals surface area (Å²) in [7, 11) is 0. The molecule has 0 aliphatic carbocycles. The first-order valence-electron chi connectivity index (χ1n) is 9.37. The molecule has 4 heteroatoms. The van der Waals surface area contributed by atoms with Crippen LogP contribution in [0.1, 0.15) is 72.6 Å². The third-order valence-electron chi connectivity index (χ3n) is 5.04. The minimum absolute atomic E-state index is 0.0475. The Morgan fingerprint density at radius 3 is 2.61 bits per heavy atom. The van der Waals surface area contributed by atoms with Gasteiger partial charge in [0.05, 0.1) is 12.8 Å². The van der Waals surface area contributed by atoms with Crippen molar-refractivity contribution >= 4 is 12.1 Å². The molecule has 0 aromatic heterocycles. The lowest BCUT2D eigenvalue weighted by Gasteiger charge is -2.42. The molecule has 0 radical (unpaired) electrons. The molecule has 1 N–H and O–H groups in total. The Hall–Kier alpha value is -1.16. The van der Waals surface area contributed by atoms with E-state index in [4.69, 9.17) is 4.99 Å². The van der Waals surface area contributed by atoms with Crippen molar-refractivity contribution in [3.8, 4) is 0 Å². The van der Waals surface area contributed by atoms with E-state index in [2.05, 4.69) is 44.5 Å². The molecule has 0 aromatic carbocycles. The average molecular weight is 323 g/mol. The van der Waals surface area contributed by atoms with Crippen molar-refractivity contribution in [2.45, 2.75) is 85.0 Å². The van der Waals surface area contributed by atoms with Gasteiger partial charge in [0.1, 0.15) is 6.54 Å². The van der Waals surface area contributed by atoms with Crippen LogP contribution in [0.4, 0.5) is 0 Å². The normalized spacial score (nSPS) is 25.1. The quantitative estimate of drug-likeness (QED) is 0.348. The second-order valence-corrected chi connectivity index (χ2v) is 6.69. The van der Waals surface area contributed by atoms with Gasteiger partial charge < -0.3 is 5.32 Å². The first-order chi connectivity index (χ1) is 11.1. The van der Waals surface area contributed by atoms with Crippen LogP contribution >= 0.6 is 0 Å². The second kappa shape index (κ2) is 10.6. The fourth-order valence-electron chi connectivity index (χ4n) is 3.51. The number of amides is 1. The van der Waals surface area contributed by atoms with Crippen LogP contribution < -0.4 is 5.32 Å². The molecule has 0 saturated heterocycles. The lowest BCUT2D eigenvalue weighted by atomic mass is 10.1. The predicted molar refractivity (Wildman–Crippen MR) is 98.4 cm³/mol. The van der Waals surface area contributed by atoms with Gasteiger partial charge in [0.25, 0.3) is 0 Å². The number of nitrogens with zero attached hydrogens (tertiary/aromatic N) is 2. The third-order valence-corrected chi connectivity index (χ3v) is 5.04. The summed E-state index contributed by atoms with van der Waals surface area (Å²) in [5.74, 6) is 0.0475. The Morgan fingerprint density at radius 1 is 1.30 bits per heavy atom. The number of allylic oxidation sites excluding steroid dienone is 2. The van der Waals surface area contributed by atoms with E-state index < -0.39 is 0 Å². The highest BCUT2D eigenvalue weighted by molar-refractivity contribution is 5.73. The maximum absolute atomic E-state index is 11.4. The summed E-state index contributed by atoms with van der Waals surface area (Å²) in [6, 6.07) is 0. The summed E-state index contributed by atoms with van der Waals surface area (Å²) in [5.41, 5.74) is 0. The lowest BCUT2D eigenvalue weighted by molar-refractivity contribution is -0.959. The highest BCUT2D eigenvalue weighted by Gasteiger charge is 2.42. The minimum atomic E-state index is 0.0475. The number of hydrogen-bond donors (Lipinski definition) is 1. The molecule has 3 atom stereocenters. The largest absolute Gasteiger partial charge is 0.307 e. The molecule has 1 amide bonds. The predicted octanol–water partition coefficient (Wildman–Crippen LogP) is 4.02. The van der Waals surface area contributed by atoms with Crippen LogP contribution in [0, 0.1) is 0 Å². The molecule has 1 aliphatic heterocycles. The number of rotatable bonds is 11. The van der Waals surface area contributed by atoms with Crippen LogP contribution in [-0.2, 0) is 4.79 Å². The van der Waals surface area contributed by atoms with Crippen LogP contribution in [0.25, 0.3) is 0 Å². The average Bonchev–Trinajstić information content (AvgIpc) is 2.93. The fraction of sp³-hybridized carbons (Fsp3) is 0.789. The van der Waals surface area contributed by atoms with Gasteiger partial charge in [-0.2, -0.15) is 0 Å². The molecule has 0 aromatic rings. The summed E-state index contributed by atoms with van der Waals surface area (Å²) >= 11 is 0. The van der Waals surface area contributed by atoms with Gasteiger partial charge in [-0.1, -0.05) is 31.9 Å². The molecule has 132 valence electrons. The first kappa shape index (κ1) is 19.9. The number of hydrogen-bond acceptors (Lipinski definition) is 2. The highest BCUT2D eigenvalue weighted by Crippen LogP contribution is 2.26. The van der Waals surface area contributed by atoms with E-state index in [0.717, 1.165) is 24.0 Å².